The van der Waals surface area contributed by atoms with E-state index in [2.05, 4.69) is 10.1 Å². The first kappa shape index (κ1) is 12.4. The number of rotatable bonds is 3. The summed E-state index contributed by atoms with van der Waals surface area (Å²) in [6, 6.07) is 1.86. The maximum Gasteiger partial charge on any atom is 0.234 e. The zero-order valence-electron chi connectivity index (χ0n) is 11.2. The first-order chi connectivity index (χ1) is 9.25. The molecule has 102 valence electrons. The van der Waals surface area contributed by atoms with Crippen LogP contribution in [0, 0.1) is 6.92 Å². The molecule has 5 nitrogen and oxygen atoms in total. The van der Waals surface area contributed by atoms with E-state index < -0.39 is 0 Å². The molecule has 2 N–H and O–H groups in total. The van der Waals surface area contributed by atoms with Crippen molar-refractivity contribution in [2.24, 2.45) is 5.73 Å². The Morgan fingerprint density at radius 2 is 2.11 bits per heavy atom. The molecule has 1 fully saturated rings. The first-order valence-corrected chi connectivity index (χ1v) is 6.84. The monoisotopic (exact) mass is 261 g/mol. The normalized spacial score (nSPS) is 18.6. The van der Waals surface area contributed by atoms with Crippen LogP contribution in [0.15, 0.2) is 21.3 Å². The molecular weight excluding hydrogens is 242 g/mol. The Bertz CT molecular complexity index is 553. The second-order valence-electron chi connectivity index (χ2n) is 5.36. The summed E-state index contributed by atoms with van der Waals surface area (Å²) in [7, 11) is 0. The minimum Gasteiger partial charge on any atom is -0.469 e. The fraction of sp³-hybridized carbons (Fsp3) is 0.571. The Labute approximate surface area is 112 Å². The van der Waals surface area contributed by atoms with Crippen molar-refractivity contribution in [1.29, 1.82) is 0 Å². The van der Waals surface area contributed by atoms with Gasteiger partial charge in [-0.1, -0.05) is 24.4 Å². The highest BCUT2D eigenvalue weighted by Crippen LogP contribution is 2.38. The maximum atomic E-state index is 5.98. The minimum atomic E-state index is -0.124. The predicted molar refractivity (Wildman–Crippen MR) is 70.6 cm³/mol. The van der Waals surface area contributed by atoms with Crippen LogP contribution < -0.4 is 5.73 Å². The van der Waals surface area contributed by atoms with E-state index in [0.29, 0.717) is 18.3 Å². The van der Waals surface area contributed by atoms with E-state index in [1.165, 1.54) is 19.3 Å². The van der Waals surface area contributed by atoms with Gasteiger partial charge in [-0.15, -0.1) is 0 Å². The Morgan fingerprint density at radius 1 is 1.32 bits per heavy atom. The highest BCUT2D eigenvalue weighted by Gasteiger charge is 2.38. The minimum absolute atomic E-state index is 0.124. The van der Waals surface area contributed by atoms with Gasteiger partial charge in [0.1, 0.15) is 5.76 Å². The third-order valence-electron chi connectivity index (χ3n) is 4.18. The van der Waals surface area contributed by atoms with Crippen LogP contribution >= 0.6 is 0 Å². The number of hydrogen-bond donors (Lipinski definition) is 1. The lowest BCUT2D eigenvalue weighted by atomic mass is 9.74. The van der Waals surface area contributed by atoms with Gasteiger partial charge in [0.2, 0.25) is 11.7 Å². The lowest BCUT2D eigenvalue weighted by molar-refractivity contribution is 0.220. The quantitative estimate of drug-likeness (QED) is 0.919. The van der Waals surface area contributed by atoms with Crippen LogP contribution in [0.5, 0.6) is 0 Å². The first-order valence-electron chi connectivity index (χ1n) is 6.84. The molecule has 2 aromatic rings. The predicted octanol–water partition coefficient (Wildman–Crippen LogP) is 2.80. The summed E-state index contributed by atoms with van der Waals surface area (Å²) < 4.78 is 10.8. The molecule has 0 radical (unpaired) electrons. The molecule has 0 aliphatic heterocycles. The van der Waals surface area contributed by atoms with Gasteiger partial charge in [-0.2, -0.15) is 4.98 Å². The summed E-state index contributed by atoms with van der Waals surface area (Å²) in [6.07, 6.45) is 7.34. The van der Waals surface area contributed by atoms with Gasteiger partial charge in [0.15, 0.2) is 0 Å². The van der Waals surface area contributed by atoms with Crippen molar-refractivity contribution in [3.63, 3.8) is 0 Å². The van der Waals surface area contributed by atoms with E-state index in [9.17, 15) is 0 Å². The Balaban J connectivity index is 1.94. The van der Waals surface area contributed by atoms with Crippen molar-refractivity contribution in [2.75, 3.05) is 6.54 Å². The molecule has 0 unspecified atom stereocenters. The molecule has 1 aliphatic carbocycles. The van der Waals surface area contributed by atoms with Gasteiger partial charge in [-0.3, -0.25) is 0 Å². The molecule has 0 amide bonds. The highest BCUT2D eigenvalue weighted by molar-refractivity contribution is 5.56. The van der Waals surface area contributed by atoms with Gasteiger partial charge in [0.25, 0.3) is 0 Å². The Morgan fingerprint density at radius 3 is 2.74 bits per heavy atom. The van der Waals surface area contributed by atoms with E-state index in [1.54, 1.807) is 6.26 Å². The standard InChI is InChI=1S/C14H19N3O2/c1-10-11(5-8-18-10)12-16-13(19-17-12)14(9-15)6-3-2-4-7-14/h5,8H,2-4,6-7,9,15H2,1H3. The molecule has 1 aliphatic rings. The summed E-state index contributed by atoms with van der Waals surface area (Å²) in [6.45, 7) is 2.46. The molecule has 0 spiro atoms. The van der Waals surface area contributed by atoms with Crippen molar-refractivity contribution in [2.45, 2.75) is 44.4 Å². The maximum absolute atomic E-state index is 5.98. The van der Waals surface area contributed by atoms with Crippen LogP contribution in [0.2, 0.25) is 0 Å². The zero-order valence-corrected chi connectivity index (χ0v) is 11.2. The number of aryl methyl sites for hydroxylation is 1. The summed E-state index contributed by atoms with van der Waals surface area (Å²) in [5.74, 6) is 2.09. The Hall–Kier alpha value is -1.62. The summed E-state index contributed by atoms with van der Waals surface area (Å²) in [5.41, 5.74) is 6.74. The van der Waals surface area contributed by atoms with Crippen LogP contribution in [0.4, 0.5) is 0 Å². The van der Waals surface area contributed by atoms with Gasteiger partial charge in [0, 0.05) is 6.54 Å². The highest BCUT2D eigenvalue weighted by atomic mass is 16.5. The van der Waals surface area contributed by atoms with Crippen molar-refractivity contribution in [3.05, 3.63) is 24.0 Å². The molecule has 19 heavy (non-hydrogen) atoms. The van der Waals surface area contributed by atoms with Crippen LogP contribution in [-0.2, 0) is 5.41 Å². The second kappa shape index (κ2) is 4.81. The largest absolute Gasteiger partial charge is 0.469 e. The van der Waals surface area contributed by atoms with E-state index in [-0.39, 0.29) is 5.41 Å². The van der Waals surface area contributed by atoms with Gasteiger partial charge in [0.05, 0.1) is 17.2 Å². The van der Waals surface area contributed by atoms with Crippen LogP contribution in [0.3, 0.4) is 0 Å². The Kier molecular flexibility index (Phi) is 3.14. The molecule has 0 bridgehead atoms. The van der Waals surface area contributed by atoms with Crippen molar-refractivity contribution in [3.8, 4) is 11.4 Å². The van der Waals surface area contributed by atoms with Crippen molar-refractivity contribution in [1.82, 2.24) is 10.1 Å². The summed E-state index contributed by atoms with van der Waals surface area (Å²) in [5, 5.41) is 4.09. The topological polar surface area (TPSA) is 78.1 Å². The fourth-order valence-corrected chi connectivity index (χ4v) is 2.90. The molecule has 2 heterocycles. The summed E-state index contributed by atoms with van der Waals surface area (Å²) >= 11 is 0. The zero-order chi connectivity index (χ0) is 13.3. The third-order valence-corrected chi connectivity index (χ3v) is 4.18. The lowest BCUT2D eigenvalue weighted by Gasteiger charge is -2.32. The number of hydrogen-bond acceptors (Lipinski definition) is 5. The van der Waals surface area contributed by atoms with Crippen LogP contribution in [-0.4, -0.2) is 16.7 Å². The van der Waals surface area contributed by atoms with E-state index >= 15 is 0 Å². The molecular formula is C14H19N3O2. The van der Waals surface area contributed by atoms with Crippen molar-refractivity contribution >= 4 is 0 Å². The molecule has 5 heteroatoms. The molecule has 2 aromatic heterocycles. The number of nitrogens with two attached hydrogens (primary N) is 1. The summed E-state index contributed by atoms with van der Waals surface area (Å²) in [4.78, 5) is 4.56. The van der Waals surface area contributed by atoms with Gasteiger partial charge >= 0.3 is 0 Å². The molecule has 0 aromatic carbocycles. The average Bonchev–Trinajstić information content (AvgIpc) is 3.08. The average molecular weight is 261 g/mol. The molecule has 3 rings (SSSR count). The van der Waals surface area contributed by atoms with E-state index in [4.69, 9.17) is 14.7 Å². The number of furan rings is 1. The van der Waals surface area contributed by atoms with E-state index in [1.807, 2.05) is 13.0 Å². The fourth-order valence-electron chi connectivity index (χ4n) is 2.90. The lowest BCUT2D eigenvalue weighted by Crippen LogP contribution is -2.37. The molecule has 0 atom stereocenters. The van der Waals surface area contributed by atoms with Gasteiger partial charge in [-0.25, -0.2) is 0 Å². The third kappa shape index (κ3) is 2.08. The van der Waals surface area contributed by atoms with Gasteiger partial charge < -0.3 is 14.7 Å². The number of aromatic nitrogens is 2. The number of nitrogens with zero attached hydrogens (tertiary/aromatic N) is 2. The van der Waals surface area contributed by atoms with Gasteiger partial charge in [-0.05, 0) is 25.8 Å². The van der Waals surface area contributed by atoms with E-state index in [0.717, 1.165) is 24.2 Å². The smallest absolute Gasteiger partial charge is 0.234 e. The van der Waals surface area contributed by atoms with Crippen molar-refractivity contribution < 1.29 is 8.94 Å². The molecule has 1 saturated carbocycles. The second-order valence-corrected chi connectivity index (χ2v) is 5.36. The van der Waals surface area contributed by atoms with Crippen LogP contribution in [0.25, 0.3) is 11.4 Å². The molecule has 0 saturated heterocycles. The van der Waals surface area contributed by atoms with Crippen LogP contribution in [0.1, 0.15) is 43.8 Å². The SMILES string of the molecule is Cc1occc1-c1noc(C2(CN)CCCCC2)n1.